The van der Waals surface area contributed by atoms with Gasteiger partial charge >= 0.3 is 11.1 Å². The van der Waals surface area contributed by atoms with Crippen LogP contribution in [-0.4, -0.2) is 9.13 Å². The smallest absolute Gasteiger partial charge is 0.309 e. The van der Waals surface area contributed by atoms with E-state index in [-0.39, 0.29) is 0 Å². The van der Waals surface area contributed by atoms with E-state index in [4.69, 9.17) is 0 Å². The van der Waals surface area contributed by atoms with E-state index in [1.807, 2.05) is 30.3 Å². The molecule has 0 N–H and O–H groups in total. The maximum absolute atomic E-state index is 12.3. The van der Waals surface area contributed by atoms with Crippen LogP contribution in [0.25, 0.3) is 0 Å². The molecule has 0 spiro atoms. The zero-order chi connectivity index (χ0) is 15.4. The quantitative estimate of drug-likeness (QED) is 0.815. The molecule has 4 heteroatoms. The summed E-state index contributed by atoms with van der Waals surface area (Å²) in [6.07, 6.45) is 9.61. The summed E-state index contributed by atoms with van der Waals surface area (Å²) in [5, 5.41) is 0. The Labute approximate surface area is 130 Å². The second-order valence-electron chi connectivity index (χ2n) is 6.18. The van der Waals surface area contributed by atoms with E-state index in [1.54, 1.807) is 17.0 Å². The van der Waals surface area contributed by atoms with Gasteiger partial charge < -0.3 is 9.13 Å². The highest BCUT2D eigenvalue weighted by Gasteiger charge is 2.15. The molecule has 2 aromatic rings. The van der Waals surface area contributed by atoms with Gasteiger partial charge in [-0.2, -0.15) is 0 Å². The Bertz CT molecular complexity index is 725. The highest BCUT2D eigenvalue weighted by molar-refractivity contribution is 5.15. The Hall–Kier alpha value is -2.10. The number of nitrogens with zero attached hydrogens (tertiary/aromatic N) is 2. The van der Waals surface area contributed by atoms with E-state index in [9.17, 15) is 9.59 Å². The van der Waals surface area contributed by atoms with Crippen molar-refractivity contribution >= 4 is 0 Å². The second-order valence-corrected chi connectivity index (χ2v) is 6.18. The molecule has 22 heavy (non-hydrogen) atoms. The van der Waals surface area contributed by atoms with Crippen molar-refractivity contribution in [3.05, 3.63) is 69.0 Å². The van der Waals surface area contributed by atoms with Crippen LogP contribution in [0.4, 0.5) is 0 Å². The van der Waals surface area contributed by atoms with Gasteiger partial charge in [0.15, 0.2) is 0 Å². The lowest BCUT2D eigenvalue weighted by atomic mass is 9.89. The first-order valence-electron chi connectivity index (χ1n) is 8.08. The largest absolute Gasteiger partial charge is 0.316 e. The molecule has 1 fully saturated rings. The van der Waals surface area contributed by atoms with Crippen molar-refractivity contribution in [2.24, 2.45) is 5.92 Å². The third-order valence-corrected chi connectivity index (χ3v) is 4.51. The van der Waals surface area contributed by atoms with Gasteiger partial charge in [-0.25, -0.2) is 0 Å². The minimum absolute atomic E-state index is 0.399. The van der Waals surface area contributed by atoms with Gasteiger partial charge in [-0.15, -0.1) is 0 Å². The molecule has 1 aromatic carbocycles. The molecule has 1 aliphatic rings. The van der Waals surface area contributed by atoms with Crippen molar-refractivity contribution in [3.63, 3.8) is 0 Å². The Kier molecular flexibility index (Phi) is 4.56. The number of hydrogen-bond acceptors (Lipinski definition) is 2. The van der Waals surface area contributed by atoms with Crippen LogP contribution in [0, 0.1) is 5.92 Å². The zero-order valence-corrected chi connectivity index (χ0v) is 12.8. The van der Waals surface area contributed by atoms with Crippen LogP contribution >= 0.6 is 0 Å². The summed E-state index contributed by atoms with van der Waals surface area (Å²) in [4.78, 5) is 24.5. The van der Waals surface area contributed by atoms with Gasteiger partial charge in [-0.05, 0) is 24.3 Å². The molecule has 0 radical (unpaired) electrons. The van der Waals surface area contributed by atoms with E-state index in [1.165, 1.54) is 36.7 Å². The molecular formula is C18H22N2O2. The van der Waals surface area contributed by atoms with Gasteiger partial charge in [-0.3, -0.25) is 9.59 Å². The SMILES string of the molecule is O=c1c(=O)n(CC2CCCCC2)ccn1Cc1ccccc1. The van der Waals surface area contributed by atoms with Gasteiger partial charge in [-0.1, -0.05) is 49.6 Å². The van der Waals surface area contributed by atoms with Gasteiger partial charge in [0.25, 0.3) is 0 Å². The highest BCUT2D eigenvalue weighted by atomic mass is 16.2. The van der Waals surface area contributed by atoms with Crippen LogP contribution in [0.2, 0.25) is 0 Å². The van der Waals surface area contributed by atoms with E-state index >= 15 is 0 Å². The molecule has 0 amide bonds. The number of rotatable bonds is 4. The van der Waals surface area contributed by atoms with Crippen LogP contribution < -0.4 is 11.1 Å². The summed E-state index contributed by atoms with van der Waals surface area (Å²) in [6, 6.07) is 9.73. The van der Waals surface area contributed by atoms with Crippen molar-refractivity contribution in [1.82, 2.24) is 9.13 Å². The lowest BCUT2D eigenvalue weighted by Crippen LogP contribution is -2.41. The Balaban J connectivity index is 1.79. The molecule has 116 valence electrons. The fourth-order valence-electron chi connectivity index (χ4n) is 3.24. The summed E-state index contributed by atoms with van der Waals surface area (Å²) in [6.45, 7) is 1.12. The molecule has 0 bridgehead atoms. The predicted molar refractivity (Wildman–Crippen MR) is 87.1 cm³/mol. The normalized spacial score (nSPS) is 15.8. The zero-order valence-electron chi connectivity index (χ0n) is 12.8. The molecule has 4 nitrogen and oxygen atoms in total. The molecule has 0 aliphatic heterocycles. The summed E-state index contributed by atoms with van der Waals surface area (Å²) < 4.78 is 3.09. The fraction of sp³-hybridized carbons (Fsp3) is 0.444. The number of benzene rings is 1. The molecule has 3 rings (SSSR count). The minimum Gasteiger partial charge on any atom is -0.309 e. The van der Waals surface area contributed by atoms with Gasteiger partial charge in [0.1, 0.15) is 0 Å². The van der Waals surface area contributed by atoms with Gasteiger partial charge in [0.05, 0.1) is 6.54 Å². The molecule has 0 saturated heterocycles. The van der Waals surface area contributed by atoms with E-state index in [0.29, 0.717) is 19.0 Å². The minimum atomic E-state index is -0.429. The highest BCUT2D eigenvalue weighted by Crippen LogP contribution is 2.24. The van der Waals surface area contributed by atoms with Crippen molar-refractivity contribution in [2.45, 2.75) is 45.2 Å². The van der Waals surface area contributed by atoms with Crippen LogP contribution in [0.5, 0.6) is 0 Å². The molecule has 0 atom stereocenters. The summed E-state index contributed by atoms with van der Waals surface area (Å²) >= 11 is 0. The first kappa shape index (κ1) is 14.8. The first-order valence-corrected chi connectivity index (χ1v) is 8.08. The lowest BCUT2D eigenvalue weighted by Gasteiger charge is -2.22. The standard InChI is InChI=1S/C18H22N2O2/c21-17-18(22)20(14-16-9-5-2-6-10-16)12-11-19(17)13-15-7-3-1-4-8-15/h1,3-4,7-8,11-12,16H,2,5-6,9-10,13-14H2. The van der Waals surface area contributed by atoms with Crippen molar-refractivity contribution in [3.8, 4) is 0 Å². The van der Waals surface area contributed by atoms with Crippen molar-refractivity contribution in [1.29, 1.82) is 0 Å². The first-order chi connectivity index (χ1) is 10.7. The number of aromatic nitrogens is 2. The predicted octanol–water partition coefficient (Wildman–Crippen LogP) is 2.64. The maximum atomic E-state index is 12.3. The average Bonchev–Trinajstić information content (AvgIpc) is 2.56. The third kappa shape index (κ3) is 3.38. The van der Waals surface area contributed by atoms with E-state index < -0.39 is 11.1 Å². The Morgan fingerprint density at radius 2 is 1.50 bits per heavy atom. The molecule has 1 saturated carbocycles. The topological polar surface area (TPSA) is 44.0 Å². The second kappa shape index (κ2) is 6.77. The molecule has 0 unspecified atom stereocenters. The molecule has 1 aliphatic carbocycles. The monoisotopic (exact) mass is 298 g/mol. The third-order valence-electron chi connectivity index (χ3n) is 4.51. The van der Waals surface area contributed by atoms with Crippen molar-refractivity contribution in [2.75, 3.05) is 0 Å². The van der Waals surface area contributed by atoms with Crippen LogP contribution in [0.3, 0.4) is 0 Å². The summed E-state index contributed by atoms with van der Waals surface area (Å²) in [5.41, 5.74) is 0.195. The summed E-state index contributed by atoms with van der Waals surface area (Å²) in [5.74, 6) is 0.538. The van der Waals surface area contributed by atoms with Gasteiger partial charge in [0, 0.05) is 18.9 Å². The molecular weight excluding hydrogens is 276 g/mol. The summed E-state index contributed by atoms with van der Waals surface area (Å²) in [7, 11) is 0. The van der Waals surface area contributed by atoms with Crippen LogP contribution in [0.1, 0.15) is 37.7 Å². The van der Waals surface area contributed by atoms with E-state index in [2.05, 4.69) is 0 Å². The van der Waals surface area contributed by atoms with Crippen molar-refractivity contribution < 1.29 is 0 Å². The molecule has 1 heterocycles. The van der Waals surface area contributed by atoms with E-state index in [0.717, 1.165) is 5.56 Å². The maximum Gasteiger partial charge on any atom is 0.316 e. The lowest BCUT2D eigenvalue weighted by molar-refractivity contribution is 0.314. The average molecular weight is 298 g/mol. The van der Waals surface area contributed by atoms with Gasteiger partial charge in [0.2, 0.25) is 0 Å². The van der Waals surface area contributed by atoms with Crippen LogP contribution in [-0.2, 0) is 13.1 Å². The van der Waals surface area contributed by atoms with Crippen LogP contribution in [0.15, 0.2) is 52.3 Å². The number of hydrogen-bond donors (Lipinski definition) is 0. The Morgan fingerprint density at radius 3 is 2.23 bits per heavy atom. The Morgan fingerprint density at radius 1 is 0.864 bits per heavy atom. The molecule has 1 aromatic heterocycles. The fourth-order valence-corrected chi connectivity index (χ4v) is 3.24.